The van der Waals surface area contributed by atoms with Gasteiger partial charge in [0.2, 0.25) is 5.95 Å². The molecule has 2 aromatic carbocycles. The standard InChI is InChI=1S/C23H23N5O2S/c1-29-16-4-2-3-14(9-16)18-13-25-6-5-20(18)30-21-11-19-15(12-27-23(24)28-19)10-17(21)22-26-7-8-31-22/h2-4,7-12,18,20,25H,5-6,13H2,1H3,(H2,24,27,28). The first-order chi connectivity index (χ1) is 15.2. The van der Waals surface area contributed by atoms with Gasteiger partial charge in [-0.25, -0.2) is 15.0 Å². The SMILES string of the molecule is COc1cccc(C2CNCCC2Oc2cc3nc(N)ncc3cc2-c2nccs2)c1. The number of benzene rings is 2. The summed E-state index contributed by atoms with van der Waals surface area (Å²) in [5, 5.41) is 7.27. The molecule has 0 aliphatic carbocycles. The number of methoxy groups -OCH3 is 1. The molecule has 1 aliphatic heterocycles. The van der Waals surface area contributed by atoms with E-state index < -0.39 is 0 Å². The van der Waals surface area contributed by atoms with Crippen molar-refractivity contribution in [1.82, 2.24) is 20.3 Å². The lowest BCUT2D eigenvalue weighted by molar-refractivity contribution is 0.139. The molecule has 31 heavy (non-hydrogen) atoms. The minimum Gasteiger partial charge on any atom is -0.497 e. The van der Waals surface area contributed by atoms with E-state index in [1.54, 1.807) is 30.8 Å². The summed E-state index contributed by atoms with van der Waals surface area (Å²) >= 11 is 1.58. The Morgan fingerprint density at radius 2 is 2.13 bits per heavy atom. The zero-order valence-electron chi connectivity index (χ0n) is 17.1. The summed E-state index contributed by atoms with van der Waals surface area (Å²) in [5.41, 5.74) is 8.72. The number of nitrogen functional groups attached to an aromatic ring is 1. The number of ether oxygens (including phenoxy) is 2. The smallest absolute Gasteiger partial charge is 0.220 e. The number of piperidine rings is 1. The number of rotatable bonds is 5. The van der Waals surface area contributed by atoms with Crippen LogP contribution in [0.5, 0.6) is 11.5 Å². The molecule has 3 N–H and O–H groups in total. The molecule has 4 aromatic rings. The minimum absolute atomic E-state index is 0.00343. The van der Waals surface area contributed by atoms with Gasteiger partial charge in [-0.1, -0.05) is 12.1 Å². The monoisotopic (exact) mass is 433 g/mol. The summed E-state index contributed by atoms with van der Waals surface area (Å²) in [5.74, 6) is 2.05. The van der Waals surface area contributed by atoms with Gasteiger partial charge in [0.05, 0.1) is 18.2 Å². The zero-order valence-corrected chi connectivity index (χ0v) is 17.9. The normalized spacial score (nSPS) is 18.7. The Bertz CT molecular complexity index is 1200. The Labute approximate surface area is 184 Å². The number of hydrogen-bond donors (Lipinski definition) is 2. The number of nitrogens with zero attached hydrogens (tertiary/aromatic N) is 3. The molecular weight excluding hydrogens is 410 g/mol. The van der Waals surface area contributed by atoms with Crippen molar-refractivity contribution < 1.29 is 9.47 Å². The van der Waals surface area contributed by atoms with Crippen molar-refractivity contribution in [3.63, 3.8) is 0 Å². The third-order valence-electron chi connectivity index (χ3n) is 5.58. The van der Waals surface area contributed by atoms with E-state index in [0.717, 1.165) is 52.5 Å². The highest BCUT2D eigenvalue weighted by Crippen LogP contribution is 2.38. The molecule has 2 atom stereocenters. The van der Waals surface area contributed by atoms with Crippen molar-refractivity contribution in [3.8, 4) is 22.1 Å². The van der Waals surface area contributed by atoms with Crippen LogP contribution >= 0.6 is 11.3 Å². The third kappa shape index (κ3) is 4.04. The average molecular weight is 434 g/mol. The van der Waals surface area contributed by atoms with Gasteiger partial charge in [0.25, 0.3) is 0 Å². The van der Waals surface area contributed by atoms with E-state index in [0.29, 0.717) is 0 Å². The van der Waals surface area contributed by atoms with Crippen LogP contribution in [0.3, 0.4) is 0 Å². The molecule has 1 saturated heterocycles. The van der Waals surface area contributed by atoms with Gasteiger partial charge in [-0.05, 0) is 36.7 Å². The predicted octanol–water partition coefficient (Wildman–Crippen LogP) is 3.87. The quantitative estimate of drug-likeness (QED) is 0.493. The third-order valence-corrected chi connectivity index (χ3v) is 6.39. The first-order valence-electron chi connectivity index (χ1n) is 10.2. The van der Waals surface area contributed by atoms with E-state index in [1.165, 1.54) is 5.56 Å². The maximum atomic E-state index is 6.68. The Balaban J connectivity index is 1.55. The van der Waals surface area contributed by atoms with Crippen molar-refractivity contribution in [3.05, 3.63) is 59.7 Å². The summed E-state index contributed by atoms with van der Waals surface area (Å²) in [4.78, 5) is 13.0. The largest absolute Gasteiger partial charge is 0.497 e. The fraction of sp³-hybridized carbons (Fsp3) is 0.261. The maximum absolute atomic E-state index is 6.68. The first kappa shape index (κ1) is 19.7. The molecule has 0 amide bonds. The van der Waals surface area contributed by atoms with E-state index in [4.69, 9.17) is 15.2 Å². The number of nitrogens with one attached hydrogen (secondary N) is 1. The van der Waals surface area contributed by atoms with Gasteiger partial charge in [0, 0.05) is 41.7 Å². The van der Waals surface area contributed by atoms with Crippen LogP contribution in [0, 0.1) is 0 Å². The minimum atomic E-state index is 0.00343. The lowest BCUT2D eigenvalue weighted by Crippen LogP contribution is -2.41. The molecule has 1 aliphatic rings. The number of hydrogen-bond acceptors (Lipinski definition) is 8. The van der Waals surface area contributed by atoms with Crippen LogP contribution < -0.4 is 20.5 Å². The van der Waals surface area contributed by atoms with Crippen molar-refractivity contribution in [1.29, 1.82) is 0 Å². The molecule has 2 aromatic heterocycles. The molecule has 158 valence electrons. The molecule has 0 spiro atoms. The zero-order chi connectivity index (χ0) is 21.2. The molecule has 0 radical (unpaired) electrons. The van der Waals surface area contributed by atoms with Crippen LogP contribution in [0.25, 0.3) is 21.5 Å². The van der Waals surface area contributed by atoms with Crippen LogP contribution in [0.1, 0.15) is 17.9 Å². The highest BCUT2D eigenvalue weighted by molar-refractivity contribution is 7.13. The van der Waals surface area contributed by atoms with Crippen LogP contribution in [-0.2, 0) is 0 Å². The highest BCUT2D eigenvalue weighted by Gasteiger charge is 2.29. The van der Waals surface area contributed by atoms with Gasteiger partial charge in [0.15, 0.2) is 0 Å². The van der Waals surface area contributed by atoms with Gasteiger partial charge in [-0.2, -0.15) is 0 Å². The average Bonchev–Trinajstić information content (AvgIpc) is 3.34. The second-order valence-electron chi connectivity index (χ2n) is 7.50. The summed E-state index contributed by atoms with van der Waals surface area (Å²) < 4.78 is 12.1. The van der Waals surface area contributed by atoms with E-state index >= 15 is 0 Å². The summed E-state index contributed by atoms with van der Waals surface area (Å²) in [6.07, 6.45) is 4.44. The Kier molecular flexibility index (Phi) is 5.40. The second-order valence-corrected chi connectivity index (χ2v) is 8.40. The number of fused-ring (bicyclic) bond motifs is 1. The topological polar surface area (TPSA) is 95.2 Å². The second kappa shape index (κ2) is 8.49. The molecule has 7 nitrogen and oxygen atoms in total. The van der Waals surface area contributed by atoms with Gasteiger partial charge in [0.1, 0.15) is 22.6 Å². The van der Waals surface area contributed by atoms with Crippen molar-refractivity contribution in [2.45, 2.75) is 18.4 Å². The number of nitrogens with two attached hydrogens (primary N) is 1. The lowest BCUT2D eigenvalue weighted by Gasteiger charge is -2.33. The molecule has 5 rings (SSSR count). The van der Waals surface area contributed by atoms with Crippen molar-refractivity contribution in [2.24, 2.45) is 0 Å². The molecular formula is C23H23N5O2S. The van der Waals surface area contributed by atoms with Crippen LogP contribution in [0.2, 0.25) is 0 Å². The van der Waals surface area contributed by atoms with Gasteiger partial charge < -0.3 is 20.5 Å². The van der Waals surface area contributed by atoms with E-state index in [2.05, 4.69) is 32.4 Å². The molecule has 0 bridgehead atoms. The molecule has 3 heterocycles. The molecule has 8 heteroatoms. The van der Waals surface area contributed by atoms with Crippen molar-refractivity contribution >= 4 is 28.2 Å². The summed E-state index contributed by atoms with van der Waals surface area (Å²) in [6, 6.07) is 12.2. The number of anilines is 1. The molecule has 2 unspecified atom stereocenters. The van der Waals surface area contributed by atoms with Gasteiger partial charge in [-0.15, -0.1) is 11.3 Å². The lowest BCUT2D eigenvalue weighted by atomic mass is 9.88. The van der Waals surface area contributed by atoms with Crippen molar-refractivity contribution in [2.75, 3.05) is 25.9 Å². The first-order valence-corrected chi connectivity index (χ1v) is 11.1. The highest BCUT2D eigenvalue weighted by atomic mass is 32.1. The number of aromatic nitrogens is 3. The number of thiazole rings is 1. The predicted molar refractivity (Wildman–Crippen MR) is 123 cm³/mol. The van der Waals surface area contributed by atoms with Crippen LogP contribution in [-0.4, -0.2) is 41.3 Å². The summed E-state index contributed by atoms with van der Waals surface area (Å²) in [6.45, 7) is 1.74. The van der Waals surface area contributed by atoms with E-state index in [1.807, 2.05) is 29.6 Å². The van der Waals surface area contributed by atoms with Gasteiger partial charge in [-0.3, -0.25) is 0 Å². The fourth-order valence-electron chi connectivity index (χ4n) is 4.04. The Morgan fingerprint density at radius 1 is 1.19 bits per heavy atom. The maximum Gasteiger partial charge on any atom is 0.220 e. The van der Waals surface area contributed by atoms with E-state index in [-0.39, 0.29) is 18.0 Å². The van der Waals surface area contributed by atoms with E-state index in [9.17, 15) is 0 Å². The molecule has 0 saturated carbocycles. The van der Waals surface area contributed by atoms with Gasteiger partial charge >= 0.3 is 0 Å². The van der Waals surface area contributed by atoms with Crippen LogP contribution in [0.15, 0.2) is 54.2 Å². The Morgan fingerprint density at radius 3 is 2.97 bits per heavy atom. The van der Waals surface area contributed by atoms with Crippen LogP contribution in [0.4, 0.5) is 5.95 Å². The Hall–Kier alpha value is -3.23. The molecule has 1 fully saturated rings. The fourth-order valence-corrected chi connectivity index (χ4v) is 4.70. The summed E-state index contributed by atoms with van der Waals surface area (Å²) in [7, 11) is 1.69.